The van der Waals surface area contributed by atoms with Gasteiger partial charge in [-0.3, -0.25) is 0 Å². The molecule has 0 saturated carbocycles. The molecule has 0 unspecified atom stereocenters. The van der Waals surface area contributed by atoms with E-state index in [1.165, 1.54) is 44.5 Å². The summed E-state index contributed by atoms with van der Waals surface area (Å²) in [6.45, 7) is 13.0. The first-order chi connectivity index (χ1) is 70.1. The van der Waals surface area contributed by atoms with Gasteiger partial charge in [0.25, 0.3) is 0 Å². The number of phenols is 8. The van der Waals surface area contributed by atoms with Crippen molar-refractivity contribution in [3.63, 3.8) is 0 Å². The molecular formula is C108H108Cl12N12O8S6. The van der Waals surface area contributed by atoms with E-state index in [2.05, 4.69) is 62.5 Å². The van der Waals surface area contributed by atoms with Crippen molar-refractivity contribution >= 4 is 243 Å². The lowest BCUT2D eigenvalue weighted by Gasteiger charge is -2.32. The topological polar surface area (TPSA) is 253 Å². The molecule has 0 fully saturated rings. The van der Waals surface area contributed by atoms with Gasteiger partial charge in [-0.25, -0.2) is 0 Å². The van der Waals surface area contributed by atoms with E-state index in [9.17, 15) is 40.9 Å². The number of rotatable bonds is 18. The Hall–Kier alpha value is -9.34. The van der Waals surface area contributed by atoms with Gasteiger partial charge in [-0.2, -0.15) is 0 Å². The number of benzene rings is 12. The highest BCUT2D eigenvalue weighted by Gasteiger charge is 2.31. The van der Waals surface area contributed by atoms with Crippen molar-refractivity contribution in [1.29, 1.82) is 0 Å². The second-order valence-corrected chi connectivity index (χ2v) is 42.5. The van der Waals surface area contributed by atoms with Crippen LogP contribution in [0.4, 0.5) is 0 Å². The predicted octanol–water partition coefficient (Wildman–Crippen LogP) is 24.5. The van der Waals surface area contributed by atoms with Gasteiger partial charge in [0.15, 0.2) is 59.4 Å². The van der Waals surface area contributed by atoms with E-state index in [1.807, 2.05) is 163 Å². The highest BCUT2D eigenvalue weighted by Crippen LogP contribution is 2.47. The number of nitrogens with one attached hydrogen (secondary N) is 6. The molecule has 38 heteroatoms. The maximum atomic E-state index is 9.93. The Morgan fingerprint density at radius 2 is 0.548 bits per heavy atom. The van der Waals surface area contributed by atoms with Gasteiger partial charge in [0.2, 0.25) is 0 Å². The molecule has 0 aliphatic carbocycles. The fourth-order valence-electron chi connectivity index (χ4n) is 17.2. The molecule has 0 spiro atoms. The fourth-order valence-corrected chi connectivity index (χ4v) is 21.0. The number of halogens is 12. The lowest BCUT2D eigenvalue weighted by atomic mass is 9.98. The number of aromatic hydroxyl groups is 8. The number of hydrogen-bond donors (Lipinski definition) is 14. The minimum atomic E-state index is -0.390. The van der Waals surface area contributed by atoms with Crippen molar-refractivity contribution in [1.82, 2.24) is 61.3 Å². The predicted molar refractivity (Wildman–Crippen MR) is 621 cm³/mol. The van der Waals surface area contributed by atoms with Crippen LogP contribution in [0.3, 0.4) is 0 Å². The Morgan fingerprint density at radius 1 is 0.226 bits per heavy atom. The van der Waals surface area contributed by atoms with Crippen molar-refractivity contribution in [2.24, 2.45) is 0 Å². The molecule has 0 atom stereocenters. The van der Waals surface area contributed by atoms with Gasteiger partial charge in [0, 0.05) is 148 Å². The van der Waals surface area contributed by atoms with Crippen molar-refractivity contribution in [2.45, 2.75) is 116 Å². The molecule has 0 amide bonds. The monoisotopic (exact) mass is 2310 g/mol. The molecule has 6 aliphatic heterocycles. The molecule has 0 radical (unpaired) electrons. The Bertz CT molecular complexity index is 6640. The Labute approximate surface area is 943 Å². The molecule has 14 N–H and O–H groups in total. The quantitative estimate of drug-likeness (QED) is 0.0282. The second-order valence-electron chi connectivity index (χ2n) is 35.3. The molecule has 0 saturated heterocycles. The largest absolute Gasteiger partial charge is 0.508 e. The lowest BCUT2D eigenvalue weighted by Crippen LogP contribution is -2.43. The van der Waals surface area contributed by atoms with E-state index in [0.29, 0.717) is 120 Å². The molecule has 12 aromatic carbocycles. The van der Waals surface area contributed by atoms with Gasteiger partial charge >= 0.3 is 0 Å². The van der Waals surface area contributed by atoms with Crippen molar-refractivity contribution in [2.75, 3.05) is 78.5 Å². The van der Waals surface area contributed by atoms with Crippen molar-refractivity contribution < 1.29 is 40.9 Å². The standard InChI is InChI=1S/C18H17Cl3N2O2S.C18H17Cl3N2OS.C18H18Cl2N2O2S.C18H18Cl2N2OS.2C18H19ClN2OS/c19-11-3-1-10(2-4-11)5-7-22-18(26)23-8-6-12-13(9-23)15(21)17(25)16(24)14(12)20;19-13-3-1-11(2-4-13)5-7-22-18(25)23-8-6-12-9-15(20)17(24)16(21)14(12)10-23;19-14-2-1-11(7-15(14)20)3-5-21-18(25)22-6-4-12-8-16(23)17(24)9-13(12)10-22;19-14-4-1-12(2-5-14)7-9-21-18(24)22-10-8-13-3-6-16(23)17(20)15(13)11-22;19-16-4-1-13(2-5-16)7-9-20-18(23)21-10-8-14-11-17(22)6-3-15(14)12-21;19-15-6-4-13(5-7-15)8-10-20-18(23)21-11-9-16-14(12-21)2-1-3-17(16)22/h1-4,24-25H,5-9H2,(H,22,26);1-4,9,24H,5-8,10H2,(H,22,25);1-2,7-9,23-24H,3-6,10H2,(H,21,25);1-6,23H,7-11H2,(H,21,24);1-6,11,22H,7-10,12H2,(H,20,23);1-7,22H,8-12H2,(H,20,23). The number of hydrogen-bond acceptors (Lipinski definition) is 14. The number of phenolic OH excluding ortho intramolecular Hbond substituents is 8. The van der Waals surface area contributed by atoms with E-state index < -0.39 is 0 Å². The minimum absolute atomic E-state index is 0.0643. The summed E-state index contributed by atoms with van der Waals surface area (Å²) in [6.07, 6.45) is 9.91. The highest BCUT2D eigenvalue weighted by atomic mass is 35.5. The molecule has 768 valence electrons. The number of fused-ring (bicyclic) bond motifs is 6. The summed E-state index contributed by atoms with van der Waals surface area (Å²) in [4.78, 5) is 12.5. The molecule has 0 bridgehead atoms. The third kappa shape index (κ3) is 32.6. The Morgan fingerprint density at radius 3 is 0.973 bits per heavy atom. The van der Waals surface area contributed by atoms with Gasteiger partial charge < -0.3 is 102 Å². The Balaban J connectivity index is 0.000000147. The van der Waals surface area contributed by atoms with Crippen LogP contribution in [-0.2, 0) is 116 Å². The average molecular weight is 2320 g/mol. The first kappa shape index (κ1) is 114. The Kier molecular flexibility index (Phi) is 43.2. The number of nitrogens with zero attached hydrogens (tertiary/aromatic N) is 6. The van der Waals surface area contributed by atoms with Crippen LogP contribution in [0, 0.1) is 0 Å². The van der Waals surface area contributed by atoms with Gasteiger partial charge in [-0.15, -0.1) is 0 Å². The van der Waals surface area contributed by atoms with Crippen molar-refractivity contribution in [3.05, 3.63) is 367 Å². The lowest BCUT2D eigenvalue weighted by molar-refractivity contribution is 0.375. The van der Waals surface area contributed by atoms with Crippen LogP contribution in [0.2, 0.25) is 60.3 Å². The second kappa shape index (κ2) is 55.4. The van der Waals surface area contributed by atoms with Crippen LogP contribution < -0.4 is 31.9 Å². The molecule has 12 aromatic rings. The van der Waals surface area contributed by atoms with Gasteiger partial charge in [0.1, 0.15) is 17.2 Å². The van der Waals surface area contributed by atoms with Crippen LogP contribution in [0.5, 0.6) is 46.0 Å². The van der Waals surface area contributed by atoms with Crippen LogP contribution >= 0.6 is 213 Å². The molecule has 20 nitrogen and oxygen atoms in total. The maximum Gasteiger partial charge on any atom is 0.178 e. The van der Waals surface area contributed by atoms with Crippen LogP contribution in [0.1, 0.15) is 100 Å². The summed E-state index contributed by atoms with van der Waals surface area (Å²) in [7, 11) is 0. The van der Waals surface area contributed by atoms with Crippen LogP contribution in [0.15, 0.2) is 206 Å². The molecule has 6 heterocycles. The van der Waals surface area contributed by atoms with Gasteiger partial charge in [0.05, 0.1) is 35.2 Å². The van der Waals surface area contributed by atoms with Crippen LogP contribution in [-0.4, -0.2) is 179 Å². The summed E-state index contributed by atoms with van der Waals surface area (Å²) in [6, 6.07) is 64.6. The fraction of sp³-hybridized carbons (Fsp3) is 0.278. The van der Waals surface area contributed by atoms with Gasteiger partial charge in [-0.05, 0) is 360 Å². The smallest absolute Gasteiger partial charge is 0.178 e. The SMILES string of the molecule is Oc1c(Cl)cc2c(c1Cl)CN(C(=S)NCCc1ccc(Cl)cc1)CC2.Oc1c(O)c(Cl)c2c(c1Cl)CCN(C(=S)NCCc1ccc(Cl)cc1)C2.Oc1cc2c(cc1O)CN(C(=S)NCCc1ccc(Cl)c(Cl)c1)CC2.Oc1ccc2c(c1)CCN(C(=S)NCCc1ccc(Cl)cc1)C2.Oc1ccc2c(c1Cl)CN(C(=S)NCCc1ccc(Cl)cc1)CC2.Oc1cccc2c1CCN(C(=S)NCCc1ccc(Cl)cc1)C2. The van der Waals surface area contributed by atoms with Crippen molar-refractivity contribution in [3.8, 4) is 46.0 Å². The molecule has 146 heavy (non-hydrogen) atoms. The van der Waals surface area contributed by atoms with E-state index in [4.69, 9.17) is 213 Å². The third-order valence-corrected chi connectivity index (χ3v) is 31.7. The zero-order valence-corrected chi connectivity index (χ0v) is 93.1. The molecule has 6 aliphatic rings. The summed E-state index contributed by atoms with van der Waals surface area (Å²) < 4.78 is 0. The summed E-state index contributed by atoms with van der Waals surface area (Å²) in [5.74, 6) is -0.144. The zero-order chi connectivity index (χ0) is 104. The zero-order valence-electron chi connectivity index (χ0n) is 79.1. The number of thiocarbonyl (C=S) groups is 6. The minimum Gasteiger partial charge on any atom is -0.508 e. The first-order valence-corrected chi connectivity index (χ1v) is 54.1. The molecular weight excluding hydrogens is 2210 g/mol. The summed E-state index contributed by atoms with van der Waals surface area (Å²) in [5, 5.41) is 108. The molecule has 18 rings (SSSR count). The van der Waals surface area contributed by atoms with Gasteiger partial charge in [-0.1, -0.05) is 230 Å². The van der Waals surface area contributed by atoms with E-state index in [0.717, 1.165) is 223 Å². The normalized spacial score (nSPS) is 13.5. The maximum absolute atomic E-state index is 9.93. The summed E-state index contributed by atoms with van der Waals surface area (Å²) >= 11 is 105. The molecule has 0 aromatic heterocycles. The third-order valence-electron chi connectivity index (χ3n) is 25.4. The van der Waals surface area contributed by atoms with Crippen LogP contribution in [0.25, 0.3) is 0 Å². The highest BCUT2D eigenvalue weighted by molar-refractivity contribution is 7.81. The van der Waals surface area contributed by atoms with E-state index >= 15 is 0 Å². The first-order valence-electron chi connectivity index (χ1n) is 47.1. The van der Waals surface area contributed by atoms with E-state index in [-0.39, 0.29) is 44.5 Å². The van der Waals surface area contributed by atoms with E-state index in [1.54, 1.807) is 42.5 Å². The summed E-state index contributed by atoms with van der Waals surface area (Å²) in [5.41, 5.74) is 19.4. The average Bonchev–Trinajstić information content (AvgIpc) is 0.767.